The van der Waals surface area contributed by atoms with Crippen molar-refractivity contribution in [2.75, 3.05) is 13.7 Å². The molecule has 0 aromatic heterocycles. The second kappa shape index (κ2) is 8.81. The Labute approximate surface area is 175 Å². The molecular formula is C23H26FNO5. The number of carbonyl (C=O) groups is 3. The van der Waals surface area contributed by atoms with Crippen LogP contribution >= 0.6 is 0 Å². The Kier molecular flexibility index (Phi) is 6.39. The first kappa shape index (κ1) is 21.7. The number of nitrogens with one attached hydrogen (secondary N) is 1. The molecule has 1 aromatic rings. The largest absolute Gasteiger partial charge is 0.468 e. The molecule has 1 heterocycles. The second-order valence-electron chi connectivity index (χ2n) is 7.69. The van der Waals surface area contributed by atoms with Crippen molar-refractivity contribution in [3.8, 4) is 0 Å². The number of hydrogen-bond acceptors (Lipinski definition) is 6. The predicted octanol–water partition coefficient (Wildman–Crippen LogP) is 3.39. The van der Waals surface area contributed by atoms with Gasteiger partial charge in [-0.15, -0.1) is 0 Å². The summed E-state index contributed by atoms with van der Waals surface area (Å²) in [4.78, 5) is 38.7. The van der Waals surface area contributed by atoms with Crippen molar-refractivity contribution < 1.29 is 28.2 Å². The molecule has 0 amide bonds. The summed E-state index contributed by atoms with van der Waals surface area (Å²) in [6.07, 6.45) is 1.03. The number of halogens is 1. The first-order valence-electron chi connectivity index (χ1n) is 10.1. The second-order valence-corrected chi connectivity index (χ2v) is 7.69. The maximum atomic E-state index is 14.9. The van der Waals surface area contributed by atoms with E-state index in [1.165, 1.54) is 13.2 Å². The van der Waals surface area contributed by atoms with Gasteiger partial charge in [-0.3, -0.25) is 9.59 Å². The Bertz CT molecular complexity index is 949. The quantitative estimate of drug-likeness (QED) is 0.586. The van der Waals surface area contributed by atoms with Crippen molar-refractivity contribution in [2.24, 2.45) is 11.8 Å². The van der Waals surface area contributed by atoms with E-state index in [2.05, 4.69) is 5.32 Å². The van der Waals surface area contributed by atoms with Gasteiger partial charge in [0.1, 0.15) is 11.7 Å². The van der Waals surface area contributed by atoms with E-state index >= 15 is 0 Å². The highest BCUT2D eigenvalue weighted by Crippen LogP contribution is 2.45. The van der Waals surface area contributed by atoms with Crippen LogP contribution in [0.15, 0.2) is 46.8 Å². The van der Waals surface area contributed by atoms with Crippen molar-refractivity contribution >= 4 is 17.7 Å². The molecule has 1 aliphatic heterocycles. The lowest BCUT2D eigenvalue weighted by molar-refractivity contribution is -0.151. The molecule has 3 atom stereocenters. The van der Waals surface area contributed by atoms with Gasteiger partial charge >= 0.3 is 11.9 Å². The predicted molar refractivity (Wildman–Crippen MR) is 108 cm³/mol. The van der Waals surface area contributed by atoms with Crippen LogP contribution in [0.5, 0.6) is 0 Å². The highest BCUT2D eigenvalue weighted by molar-refractivity contribution is 6.12. The van der Waals surface area contributed by atoms with Crippen molar-refractivity contribution in [3.63, 3.8) is 0 Å². The van der Waals surface area contributed by atoms with E-state index in [9.17, 15) is 18.8 Å². The molecule has 30 heavy (non-hydrogen) atoms. The number of ketones is 1. The average Bonchev–Trinajstić information content (AvgIpc) is 2.71. The Hall–Kier alpha value is -2.96. The first-order chi connectivity index (χ1) is 14.3. The summed E-state index contributed by atoms with van der Waals surface area (Å²) in [6.45, 7) is 5.59. The van der Waals surface area contributed by atoms with Gasteiger partial charge in [0, 0.05) is 22.5 Å². The van der Waals surface area contributed by atoms with Gasteiger partial charge in [0.05, 0.1) is 25.2 Å². The number of dihydropyridines is 1. The summed E-state index contributed by atoms with van der Waals surface area (Å²) in [5.41, 5.74) is 1.72. The first-order valence-corrected chi connectivity index (χ1v) is 10.1. The van der Waals surface area contributed by atoms with Crippen LogP contribution in [0.25, 0.3) is 0 Å². The summed E-state index contributed by atoms with van der Waals surface area (Å²) >= 11 is 0. The molecule has 6 nitrogen and oxygen atoms in total. The lowest BCUT2D eigenvalue weighted by atomic mass is 9.69. The van der Waals surface area contributed by atoms with Crippen LogP contribution in [0.3, 0.4) is 0 Å². The van der Waals surface area contributed by atoms with Crippen molar-refractivity contribution in [1.29, 1.82) is 0 Å². The fraction of sp³-hybridized carbons (Fsp3) is 0.435. The molecule has 1 aromatic carbocycles. The molecule has 1 N–H and O–H groups in total. The molecule has 3 rings (SSSR count). The van der Waals surface area contributed by atoms with Gasteiger partial charge in [-0.05, 0) is 31.7 Å². The Morgan fingerprint density at radius 2 is 1.97 bits per heavy atom. The lowest BCUT2D eigenvalue weighted by Gasteiger charge is -2.38. The molecule has 160 valence electrons. The normalized spacial score (nSPS) is 23.6. The lowest BCUT2D eigenvalue weighted by Crippen LogP contribution is -2.43. The number of hydrogen-bond donors (Lipinski definition) is 1. The Morgan fingerprint density at radius 1 is 1.27 bits per heavy atom. The number of rotatable bonds is 5. The van der Waals surface area contributed by atoms with Crippen LogP contribution < -0.4 is 5.32 Å². The number of methoxy groups -OCH3 is 1. The Balaban J connectivity index is 2.18. The fourth-order valence-corrected chi connectivity index (χ4v) is 4.24. The van der Waals surface area contributed by atoms with E-state index in [4.69, 9.17) is 9.47 Å². The summed E-state index contributed by atoms with van der Waals surface area (Å²) in [5.74, 6) is -4.49. The Morgan fingerprint density at radius 3 is 2.60 bits per heavy atom. The number of allylic oxidation sites excluding steroid dienone is 3. The zero-order chi connectivity index (χ0) is 22.0. The van der Waals surface area contributed by atoms with E-state index in [0.29, 0.717) is 24.2 Å². The number of Topliss-reactive ketones (excluding diaryl/α,β-unsaturated/α-hetero) is 1. The maximum Gasteiger partial charge on any atom is 0.336 e. The number of ether oxygens (including phenoxy) is 2. The molecule has 0 unspecified atom stereocenters. The van der Waals surface area contributed by atoms with Crippen molar-refractivity contribution in [2.45, 2.75) is 39.5 Å². The zero-order valence-corrected chi connectivity index (χ0v) is 17.6. The third-order valence-electron chi connectivity index (χ3n) is 5.62. The number of benzene rings is 1. The molecule has 7 heteroatoms. The summed E-state index contributed by atoms with van der Waals surface area (Å²) < 4.78 is 25.0. The van der Waals surface area contributed by atoms with Crippen LogP contribution in [0.2, 0.25) is 0 Å². The minimum atomic E-state index is -1.00. The average molecular weight is 415 g/mol. The number of carbonyl (C=O) groups excluding carboxylic acids is 3. The third-order valence-corrected chi connectivity index (χ3v) is 5.62. The maximum absolute atomic E-state index is 14.9. The van der Waals surface area contributed by atoms with Gasteiger partial charge in [0.25, 0.3) is 0 Å². The van der Waals surface area contributed by atoms with Crippen molar-refractivity contribution in [3.05, 3.63) is 58.2 Å². The van der Waals surface area contributed by atoms with Gasteiger partial charge in [-0.2, -0.15) is 0 Å². The SMILES string of the molecule is CCCOC(=O)C1=C(C)NC2=C(C(=O)[C@@H](C(=O)OC)[C@H](C)C2)[C@H]1c1ccccc1F. The molecule has 0 radical (unpaired) electrons. The monoisotopic (exact) mass is 415 g/mol. The smallest absolute Gasteiger partial charge is 0.336 e. The van der Waals surface area contributed by atoms with Crippen LogP contribution in [0, 0.1) is 17.7 Å². The molecule has 0 saturated carbocycles. The summed E-state index contributed by atoms with van der Waals surface area (Å²) in [7, 11) is 1.23. The van der Waals surface area contributed by atoms with Gasteiger partial charge in [0.2, 0.25) is 0 Å². The topological polar surface area (TPSA) is 81.7 Å². The molecule has 2 aliphatic rings. The standard InChI is InChI=1S/C23H26FNO5/c1-5-10-30-23(28)18-13(3)25-16-11-12(2)17(22(27)29-4)21(26)20(16)19(18)14-8-6-7-9-15(14)24/h6-9,12,17,19,25H,5,10-11H2,1-4H3/t12-,17+,19+/m1/s1. The minimum absolute atomic E-state index is 0.179. The van der Waals surface area contributed by atoms with Gasteiger partial charge < -0.3 is 14.8 Å². The van der Waals surface area contributed by atoms with Crippen LogP contribution in [-0.2, 0) is 23.9 Å². The van der Waals surface area contributed by atoms with E-state index < -0.39 is 35.4 Å². The van der Waals surface area contributed by atoms with Gasteiger partial charge in [-0.1, -0.05) is 32.0 Å². The number of esters is 2. The fourth-order valence-electron chi connectivity index (χ4n) is 4.24. The van der Waals surface area contributed by atoms with E-state index in [1.807, 2.05) is 6.92 Å². The molecule has 0 bridgehead atoms. The highest BCUT2D eigenvalue weighted by Gasteiger charge is 2.47. The third kappa shape index (κ3) is 3.76. The van der Waals surface area contributed by atoms with Gasteiger partial charge in [-0.25, -0.2) is 9.18 Å². The van der Waals surface area contributed by atoms with Crippen LogP contribution in [-0.4, -0.2) is 31.4 Å². The van der Waals surface area contributed by atoms with E-state index in [0.717, 1.165) is 0 Å². The highest BCUT2D eigenvalue weighted by atomic mass is 19.1. The molecule has 1 aliphatic carbocycles. The van der Waals surface area contributed by atoms with Gasteiger partial charge in [0.15, 0.2) is 5.78 Å². The molecule has 0 spiro atoms. The van der Waals surface area contributed by atoms with Crippen LogP contribution in [0.1, 0.15) is 45.1 Å². The molecule has 0 saturated heterocycles. The van der Waals surface area contributed by atoms with Crippen molar-refractivity contribution in [1.82, 2.24) is 5.32 Å². The zero-order valence-electron chi connectivity index (χ0n) is 17.6. The summed E-state index contributed by atoms with van der Waals surface area (Å²) in [5, 5.41) is 3.15. The molecule has 0 fully saturated rings. The minimum Gasteiger partial charge on any atom is -0.468 e. The summed E-state index contributed by atoms with van der Waals surface area (Å²) in [6, 6.07) is 6.03. The van der Waals surface area contributed by atoms with Crippen LogP contribution in [0.4, 0.5) is 4.39 Å². The van der Waals surface area contributed by atoms with E-state index in [-0.39, 0.29) is 29.2 Å². The van der Waals surface area contributed by atoms with E-state index in [1.54, 1.807) is 32.0 Å². The molecular weight excluding hydrogens is 389 g/mol.